The lowest BCUT2D eigenvalue weighted by molar-refractivity contribution is 1.56. The third kappa shape index (κ3) is 3.97. The molecule has 0 aliphatic rings. The summed E-state index contributed by atoms with van der Waals surface area (Å²) in [6.07, 6.45) is 0. The fourth-order valence-corrected chi connectivity index (χ4v) is 7.87. The first-order valence-corrected chi connectivity index (χ1v) is 16.3. The van der Waals surface area contributed by atoms with E-state index in [1.54, 1.807) is 0 Å². The van der Waals surface area contributed by atoms with Crippen LogP contribution in [0.15, 0.2) is 170 Å². The van der Waals surface area contributed by atoms with Gasteiger partial charge in [-0.2, -0.15) is 0 Å². The van der Waals surface area contributed by atoms with Gasteiger partial charge in [-0.3, -0.25) is 0 Å². The molecule has 0 aliphatic carbocycles. The number of benzene rings is 9. The van der Waals surface area contributed by atoms with Crippen molar-refractivity contribution in [2.45, 2.75) is 0 Å². The Morgan fingerprint density at radius 3 is 1.53 bits per heavy atom. The average molecular weight is 596 g/mol. The molecule has 0 atom stereocenters. The predicted octanol–water partition coefficient (Wildman–Crippen LogP) is 12.9. The predicted molar refractivity (Wildman–Crippen MR) is 202 cm³/mol. The van der Waals surface area contributed by atoms with Gasteiger partial charge in [0.25, 0.3) is 0 Å². The highest BCUT2D eigenvalue weighted by Crippen LogP contribution is 2.45. The van der Waals surface area contributed by atoms with Crippen LogP contribution in [0.3, 0.4) is 0 Å². The van der Waals surface area contributed by atoms with Crippen LogP contribution in [0.4, 0.5) is 0 Å². The zero-order valence-electron chi connectivity index (χ0n) is 25.7. The molecule has 1 heterocycles. The molecule has 218 valence electrons. The first-order chi connectivity index (χ1) is 23.3. The van der Waals surface area contributed by atoms with Crippen molar-refractivity contribution in [3.05, 3.63) is 170 Å². The van der Waals surface area contributed by atoms with Gasteiger partial charge in [0.2, 0.25) is 0 Å². The molecule has 0 aliphatic heterocycles. The molecule has 47 heavy (non-hydrogen) atoms. The van der Waals surface area contributed by atoms with Gasteiger partial charge < -0.3 is 4.98 Å². The molecule has 1 heteroatoms. The highest BCUT2D eigenvalue weighted by Gasteiger charge is 2.18. The second kappa shape index (κ2) is 10.2. The Hall–Kier alpha value is -6.18. The van der Waals surface area contributed by atoms with Gasteiger partial charge in [-0.25, -0.2) is 0 Å². The van der Waals surface area contributed by atoms with Crippen LogP contribution >= 0.6 is 0 Å². The summed E-state index contributed by atoms with van der Waals surface area (Å²) < 4.78 is 0. The van der Waals surface area contributed by atoms with Gasteiger partial charge in [0.05, 0.1) is 5.52 Å². The molecule has 1 aromatic heterocycles. The molecule has 0 radical (unpaired) electrons. The summed E-state index contributed by atoms with van der Waals surface area (Å²) >= 11 is 0. The quantitative estimate of drug-likeness (QED) is 0.196. The third-order valence-electron chi connectivity index (χ3n) is 9.97. The molecule has 0 saturated heterocycles. The van der Waals surface area contributed by atoms with E-state index in [4.69, 9.17) is 0 Å². The van der Waals surface area contributed by atoms with Crippen LogP contribution < -0.4 is 0 Å². The number of H-pyrrole nitrogens is 1. The Morgan fingerprint density at radius 1 is 0.298 bits per heavy atom. The van der Waals surface area contributed by atoms with E-state index in [1.807, 2.05) is 0 Å². The van der Waals surface area contributed by atoms with Gasteiger partial charge in [-0.15, -0.1) is 0 Å². The number of fused-ring (bicyclic) bond motifs is 8. The summed E-state index contributed by atoms with van der Waals surface area (Å²) in [7, 11) is 0. The topological polar surface area (TPSA) is 15.8 Å². The van der Waals surface area contributed by atoms with Gasteiger partial charge in [0, 0.05) is 21.7 Å². The lowest BCUT2D eigenvalue weighted by atomic mass is 9.85. The second-order valence-corrected chi connectivity index (χ2v) is 12.5. The molecule has 0 fully saturated rings. The van der Waals surface area contributed by atoms with Crippen LogP contribution in [-0.2, 0) is 0 Å². The number of rotatable bonds is 3. The third-order valence-corrected chi connectivity index (χ3v) is 9.97. The van der Waals surface area contributed by atoms with E-state index in [1.165, 1.54) is 92.8 Å². The number of hydrogen-bond donors (Lipinski definition) is 1. The summed E-state index contributed by atoms with van der Waals surface area (Å²) in [5, 5.41) is 12.6. The zero-order chi connectivity index (χ0) is 30.9. The summed E-state index contributed by atoms with van der Waals surface area (Å²) in [5.74, 6) is 0. The first kappa shape index (κ1) is 26.1. The minimum Gasteiger partial charge on any atom is -0.354 e. The standard InChI is InChI=1S/C46H29N/c1-3-16-34-29(11-1)13-10-22-35(34)31-14-9-15-32(27-31)44-37-18-5-7-20-39(37)45(40-21-8-6-19-38(40)44)33-24-26-43-42(28-33)41-25-23-30-12-2-4-17-36(30)46(41)47-43/h1-28,47H. The zero-order valence-corrected chi connectivity index (χ0v) is 25.7. The molecule has 9 aromatic carbocycles. The Balaban J connectivity index is 1.23. The highest BCUT2D eigenvalue weighted by atomic mass is 14.7. The van der Waals surface area contributed by atoms with E-state index >= 15 is 0 Å². The van der Waals surface area contributed by atoms with Crippen LogP contribution in [-0.4, -0.2) is 4.98 Å². The lowest BCUT2D eigenvalue weighted by Crippen LogP contribution is -1.91. The Bertz CT molecular complexity index is 2790. The number of nitrogens with one attached hydrogen (secondary N) is 1. The maximum absolute atomic E-state index is 3.73. The van der Waals surface area contributed by atoms with Gasteiger partial charge in [-0.05, 0) is 89.3 Å². The Kier molecular flexibility index (Phi) is 5.64. The average Bonchev–Trinajstić information content (AvgIpc) is 3.52. The molecule has 10 rings (SSSR count). The molecular weight excluding hydrogens is 567 g/mol. The van der Waals surface area contributed by atoms with E-state index in [0.29, 0.717) is 0 Å². The Morgan fingerprint density at radius 2 is 0.830 bits per heavy atom. The van der Waals surface area contributed by atoms with Crippen LogP contribution in [0, 0.1) is 0 Å². The normalized spacial score (nSPS) is 11.8. The largest absolute Gasteiger partial charge is 0.354 e. The summed E-state index contributed by atoms with van der Waals surface area (Å²) in [4.78, 5) is 3.73. The van der Waals surface area contributed by atoms with Crippen molar-refractivity contribution in [2.24, 2.45) is 0 Å². The van der Waals surface area contributed by atoms with Gasteiger partial charge in [0.15, 0.2) is 0 Å². The Labute approximate surface area is 272 Å². The fourth-order valence-electron chi connectivity index (χ4n) is 7.87. The molecule has 0 saturated carbocycles. The van der Waals surface area contributed by atoms with Crippen molar-refractivity contribution in [1.29, 1.82) is 0 Å². The van der Waals surface area contributed by atoms with Crippen LogP contribution in [0.1, 0.15) is 0 Å². The molecule has 0 amide bonds. The van der Waals surface area contributed by atoms with Crippen molar-refractivity contribution >= 4 is 64.9 Å². The minimum atomic E-state index is 1.16. The number of hydrogen-bond acceptors (Lipinski definition) is 0. The maximum Gasteiger partial charge on any atom is 0.0544 e. The van der Waals surface area contributed by atoms with E-state index in [2.05, 4.69) is 175 Å². The van der Waals surface area contributed by atoms with Crippen LogP contribution in [0.5, 0.6) is 0 Å². The van der Waals surface area contributed by atoms with Gasteiger partial charge in [0.1, 0.15) is 0 Å². The molecule has 0 spiro atoms. The maximum atomic E-state index is 3.73. The van der Waals surface area contributed by atoms with Crippen LogP contribution in [0.25, 0.3) is 98.3 Å². The van der Waals surface area contributed by atoms with E-state index in [0.717, 1.165) is 5.52 Å². The first-order valence-electron chi connectivity index (χ1n) is 16.3. The summed E-state index contributed by atoms with van der Waals surface area (Å²) in [6.45, 7) is 0. The van der Waals surface area contributed by atoms with Crippen molar-refractivity contribution < 1.29 is 0 Å². The molecule has 0 unspecified atom stereocenters. The fraction of sp³-hybridized carbons (Fsp3) is 0. The molecule has 0 bridgehead atoms. The molecule has 1 nitrogen and oxygen atoms in total. The van der Waals surface area contributed by atoms with E-state index in [-0.39, 0.29) is 0 Å². The van der Waals surface area contributed by atoms with Gasteiger partial charge >= 0.3 is 0 Å². The van der Waals surface area contributed by atoms with Crippen molar-refractivity contribution in [1.82, 2.24) is 4.98 Å². The monoisotopic (exact) mass is 595 g/mol. The van der Waals surface area contributed by atoms with E-state index in [9.17, 15) is 0 Å². The van der Waals surface area contributed by atoms with Crippen molar-refractivity contribution in [3.63, 3.8) is 0 Å². The number of aromatic amines is 1. The molecular formula is C46H29N. The summed E-state index contributed by atoms with van der Waals surface area (Å²) in [6, 6.07) is 62.3. The molecule has 1 N–H and O–H groups in total. The smallest absolute Gasteiger partial charge is 0.0544 e. The second-order valence-electron chi connectivity index (χ2n) is 12.5. The van der Waals surface area contributed by atoms with Crippen molar-refractivity contribution in [2.75, 3.05) is 0 Å². The van der Waals surface area contributed by atoms with Crippen molar-refractivity contribution in [3.8, 4) is 33.4 Å². The van der Waals surface area contributed by atoms with E-state index < -0.39 is 0 Å². The lowest BCUT2D eigenvalue weighted by Gasteiger charge is -2.18. The SMILES string of the molecule is c1cc(-c2cccc3ccccc23)cc(-c2c3ccccc3c(-c3ccc4[nH]c5c6ccccc6ccc5c4c3)c3ccccc23)c1. The van der Waals surface area contributed by atoms with Gasteiger partial charge in [-0.1, -0.05) is 152 Å². The summed E-state index contributed by atoms with van der Waals surface area (Å²) in [5.41, 5.74) is 9.87. The van der Waals surface area contributed by atoms with Crippen LogP contribution in [0.2, 0.25) is 0 Å². The minimum absolute atomic E-state index is 1.16. The number of aromatic nitrogens is 1. The highest BCUT2D eigenvalue weighted by molar-refractivity contribution is 6.23. The molecule has 10 aromatic rings.